The average molecular weight is 398 g/mol. The largest absolute Gasteiger partial charge is 0.326 e. The number of carbonyl (C=O) groups excluding carboxylic acids is 3. The number of likely N-dealkylation sites (tertiary alicyclic amines) is 1. The van der Waals surface area contributed by atoms with E-state index in [9.17, 15) is 18.8 Å². The van der Waals surface area contributed by atoms with Crippen molar-refractivity contribution >= 4 is 34.9 Å². The molecule has 1 aliphatic heterocycles. The molecule has 3 rings (SSSR count). The maximum atomic E-state index is 14.1. The summed E-state index contributed by atoms with van der Waals surface area (Å²) in [5, 5.41) is 7.94. The van der Waals surface area contributed by atoms with Crippen molar-refractivity contribution in [3.63, 3.8) is 0 Å². The number of hydrogen-bond acceptors (Lipinski definition) is 3. The molecule has 1 atom stereocenters. The van der Waals surface area contributed by atoms with Gasteiger partial charge in [-0.15, -0.1) is 0 Å². The Morgan fingerprint density at radius 1 is 1.00 bits per heavy atom. The van der Waals surface area contributed by atoms with E-state index in [0.717, 1.165) is 0 Å². The lowest BCUT2D eigenvalue weighted by molar-refractivity contribution is -0.121. The Morgan fingerprint density at radius 2 is 1.76 bits per heavy atom. The lowest BCUT2D eigenvalue weighted by Gasteiger charge is -2.32. The van der Waals surface area contributed by atoms with Crippen LogP contribution in [0.1, 0.15) is 19.8 Å². The molecule has 1 fully saturated rings. The zero-order chi connectivity index (χ0) is 20.8. The molecule has 4 amide bonds. The Bertz CT molecular complexity index is 904. The lowest BCUT2D eigenvalue weighted by Crippen LogP contribution is -2.45. The number of rotatable bonds is 4. The van der Waals surface area contributed by atoms with E-state index in [1.165, 1.54) is 25.1 Å². The Kier molecular flexibility index (Phi) is 6.43. The molecule has 1 unspecified atom stereocenters. The van der Waals surface area contributed by atoms with Crippen LogP contribution < -0.4 is 16.0 Å². The lowest BCUT2D eigenvalue weighted by atomic mass is 9.97. The highest BCUT2D eigenvalue weighted by Crippen LogP contribution is 2.23. The number of para-hydroxylation sites is 1. The highest BCUT2D eigenvalue weighted by Gasteiger charge is 2.29. The molecule has 3 N–H and O–H groups in total. The van der Waals surface area contributed by atoms with E-state index in [4.69, 9.17) is 0 Å². The number of benzene rings is 2. The van der Waals surface area contributed by atoms with Crippen LogP contribution in [0.15, 0.2) is 48.5 Å². The molecule has 0 radical (unpaired) electrons. The second-order valence-electron chi connectivity index (χ2n) is 6.95. The summed E-state index contributed by atoms with van der Waals surface area (Å²) in [4.78, 5) is 37.9. The third-order valence-electron chi connectivity index (χ3n) is 4.65. The van der Waals surface area contributed by atoms with Gasteiger partial charge in [0.15, 0.2) is 0 Å². The molecule has 0 aromatic heterocycles. The summed E-state index contributed by atoms with van der Waals surface area (Å²) in [6, 6.07) is 12.8. The topological polar surface area (TPSA) is 90.5 Å². The standard InChI is InChI=1S/C21H23FN4O3/c1-14(27)23-17-9-10-18(22)19(12-17)25-20(28)15-6-5-11-26(13-15)21(29)24-16-7-3-2-4-8-16/h2-4,7-10,12,15H,5-6,11,13H2,1H3,(H,23,27)(H,24,29)(H,25,28). The number of nitrogens with zero attached hydrogens (tertiary/aromatic N) is 1. The maximum absolute atomic E-state index is 14.1. The summed E-state index contributed by atoms with van der Waals surface area (Å²) in [7, 11) is 0. The fraction of sp³-hybridized carbons (Fsp3) is 0.286. The number of nitrogens with one attached hydrogen (secondary N) is 3. The van der Waals surface area contributed by atoms with Crippen LogP contribution in [0.5, 0.6) is 0 Å². The first-order chi connectivity index (χ1) is 13.9. The van der Waals surface area contributed by atoms with E-state index in [-0.39, 0.29) is 30.1 Å². The van der Waals surface area contributed by atoms with Crippen LogP contribution in [0.25, 0.3) is 0 Å². The average Bonchev–Trinajstić information content (AvgIpc) is 2.71. The molecule has 0 bridgehead atoms. The maximum Gasteiger partial charge on any atom is 0.321 e. The fourth-order valence-electron chi connectivity index (χ4n) is 3.24. The highest BCUT2D eigenvalue weighted by atomic mass is 19.1. The highest BCUT2D eigenvalue weighted by molar-refractivity contribution is 5.95. The molecule has 29 heavy (non-hydrogen) atoms. The predicted molar refractivity (Wildman–Crippen MR) is 109 cm³/mol. The summed E-state index contributed by atoms with van der Waals surface area (Å²) in [5.41, 5.74) is 1.06. The first-order valence-electron chi connectivity index (χ1n) is 9.41. The van der Waals surface area contributed by atoms with E-state index in [1.54, 1.807) is 17.0 Å². The third kappa shape index (κ3) is 5.54. The van der Waals surface area contributed by atoms with Gasteiger partial charge in [-0.05, 0) is 43.2 Å². The monoisotopic (exact) mass is 398 g/mol. The van der Waals surface area contributed by atoms with Gasteiger partial charge in [-0.1, -0.05) is 18.2 Å². The van der Waals surface area contributed by atoms with Gasteiger partial charge in [0.25, 0.3) is 0 Å². The van der Waals surface area contributed by atoms with Gasteiger partial charge < -0.3 is 20.9 Å². The first kappa shape index (κ1) is 20.3. The van der Waals surface area contributed by atoms with Crippen LogP contribution in [0.3, 0.4) is 0 Å². The minimum Gasteiger partial charge on any atom is -0.326 e. The minimum atomic E-state index is -0.595. The summed E-state index contributed by atoms with van der Waals surface area (Å²) in [6.07, 6.45) is 1.28. The van der Waals surface area contributed by atoms with Gasteiger partial charge in [0.05, 0.1) is 11.6 Å². The van der Waals surface area contributed by atoms with Gasteiger partial charge in [-0.25, -0.2) is 9.18 Å². The molecule has 8 heteroatoms. The van der Waals surface area contributed by atoms with Crippen LogP contribution in [0.4, 0.5) is 26.2 Å². The molecular weight excluding hydrogens is 375 g/mol. The zero-order valence-corrected chi connectivity index (χ0v) is 16.1. The van der Waals surface area contributed by atoms with Crippen molar-refractivity contribution in [2.45, 2.75) is 19.8 Å². The molecule has 1 saturated heterocycles. The first-order valence-corrected chi connectivity index (χ1v) is 9.41. The van der Waals surface area contributed by atoms with Crippen molar-refractivity contribution in [1.82, 2.24) is 4.90 Å². The van der Waals surface area contributed by atoms with Crippen molar-refractivity contribution in [3.05, 3.63) is 54.3 Å². The zero-order valence-electron chi connectivity index (χ0n) is 16.1. The third-order valence-corrected chi connectivity index (χ3v) is 4.65. The van der Waals surface area contributed by atoms with Gasteiger partial charge >= 0.3 is 6.03 Å². The predicted octanol–water partition coefficient (Wildman–Crippen LogP) is 3.67. The van der Waals surface area contributed by atoms with Gasteiger partial charge in [-0.3, -0.25) is 9.59 Å². The van der Waals surface area contributed by atoms with E-state index in [0.29, 0.717) is 30.8 Å². The minimum absolute atomic E-state index is 0.00731. The molecule has 2 aromatic carbocycles. The Hall–Kier alpha value is -3.42. The number of anilines is 3. The van der Waals surface area contributed by atoms with Crippen LogP contribution in [-0.2, 0) is 9.59 Å². The van der Waals surface area contributed by atoms with Crippen LogP contribution >= 0.6 is 0 Å². The van der Waals surface area contributed by atoms with Crippen LogP contribution in [0.2, 0.25) is 0 Å². The number of carbonyl (C=O) groups is 3. The van der Waals surface area contributed by atoms with E-state index in [1.807, 2.05) is 18.2 Å². The number of hydrogen-bond donors (Lipinski definition) is 3. The second-order valence-corrected chi connectivity index (χ2v) is 6.95. The molecule has 0 saturated carbocycles. The second kappa shape index (κ2) is 9.18. The molecule has 2 aromatic rings. The number of urea groups is 1. The molecular formula is C21H23FN4O3. The summed E-state index contributed by atoms with van der Waals surface area (Å²) in [6.45, 7) is 2.14. The van der Waals surface area contributed by atoms with Crippen LogP contribution in [-0.4, -0.2) is 35.8 Å². The van der Waals surface area contributed by atoms with Gasteiger partial charge in [0.1, 0.15) is 5.82 Å². The Balaban J connectivity index is 1.62. The summed E-state index contributed by atoms with van der Waals surface area (Å²) >= 11 is 0. The number of halogens is 1. The fourth-order valence-corrected chi connectivity index (χ4v) is 3.24. The van der Waals surface area contributed by atoms with Crippen molar-refractivity contribution < 1.29 is 18.8 Å². The van der Waals surface area contributed by atoms with E-state index < -0.39 is 11.7 Å². The summed E-state index contributed by atoms with van der Waals surface area (Å²) in [5.74, 6) is -1.70. The van der Waals surface area contributed by atoms with E-state index in [2.05, 4.69) is 16.0 Å². The molecule has 1 heterocycles. The normalized spacial score (nSPS) is 16.1. The van der Waals surface area contributed by atoms with Crippen molar-refractivity contribution in [2.24, 2.45) is 5.92 Å². The van der Waals surface area contributed by atoms with Crippen molar-refractivity contribution in [1.29, 1.82) is 0 Å². The summed E-state index contributed by atoms with van der Waals surface area (Å²) < 4.78 is 14.1. The molecule has 152 valence electrons. The van der Waals surface area contributed by atoms with Crippen LogP contribution in [0, 0.1) is 11.7 Å². The SMILES string of the molecule is CC(=O)Nc1ccc(F)c(NC(=O)C2CCCN(C(=O)Nc3ccccc3)C2)c1. The molecule has 0 spiro atoms. The van der Waals surface area contributed by atoms with Gasteiger partial charge in [-0.2, -0.15) is 0 Å². The van der Waals surface area contributed by atoms with E-state index >= 15 is 0 Å². The van der Waals surface area contributed by atoms with Gasteiger partial charge in [0, 0.05) is 31.4 Å². The van der Waals surface area contributed by atoms with Crippen molar-refractivity contribution in [3.8, 4) is 0 Å². The molecule has 0 aliphatic carbocycles. The Morgan fingerprint density at radius 3 is 2.48 bits per heavy atom. The molecule has 1 aliphatic rings. The van der Waals surface area contributed by atoms with Crippen molar-refractivity contribution in [2.75, 3.05) is 29.0 Å². The van der Waals surface area contributed by atoms with Gasteiger partial charge in [0.2, 0.25) is 11.8 Å². The quantitative estimate of drug-likeness (QED) is 0.734. The molecule has 7 nitrogen and oxygen atoms in total. The smallest absolute Gasteiger partial charge is 0.321 e. The number of piperidine rings is 1. The Labute approximate surface area is 168 Å². The number of amides is 4.